The second kappa shape index (κ2) is 3.64. The fourth-order valence-electron chi connectivity index (χ4n) is 2.53. The van der Waals surface area contributed by atoms with Crippen LogP contribution in [0, 0.1) is 0 Å². The van der Waals surface area contributed by atoms with Gasteiger partial charge in [-0.05, 0) is 11.6 Å². The number of primary amides is 1. The van der Waals surface area contributed by atoms with Gasteiger partial charge in [0.25, 0.3) is 5.91 Å². The van der Waals surface area contributed by atoms with E-state index in [2.05, 4.69) is 4.98 Å². The van der Waals surface area contributed by atoms with Gasteiger partial charge in [0.05, 0.1) is 27.6 Å². The van der Waals surface area contributed by atoms with Crippen LogP contribution in [-0.2, 0) is 6.54 Å². The average Bonchev–Trinajstić information content (AvgIpc) is 2.69. The number of hydrogen-bond acceptors (Lipinski definition) is 5. The van der Waals surface area contributed by atoms with Crippen molar-refractivity contribution in [1.29, 1.82) is 0 Å². The average molecular weight is 278 g/mol. The zero-order valence-corrected chi connectivity index (χ0v) is 11.0. The number of benzene rings is 1. The number of anilines is 3. The van der Waals surface area contributed by atoms with Crippen molar-refractivity contribution >= 4 is 45.5 Å². The number of pyridine rings is 1. The third-order valence-corrected chi connectivity index (χ3v) is 3.77. The lowest BCUT2D eigenvalue weighted by Crippen LogP contribution is -2.14. The summed E-state index contributed by atoms with van der Waals surface area (Å²) in [5.41, 5.74) is 20.3. The van der Waals surface area contributed by atoms with E-state index in [0.29, 0.717) is 17.7 Å². The van der Waals surface area contributed by atoms with Gasteiger partial charge in [0, 0.05) is 19.0 Å². The Bertz CT molecular complexity index is 743. The van der Waals surface area contributed by atoms with Crippen molar-refractivity contribution in [3.63, 3.8) is 0 Å². The lowest BCUT2D eigenvalue weighted by Gasteiger charge is -2.16. The highest BCUT2D eigenvalue weighted by atomic mass is 35.5. The van der Waals surface area contributed by atoms with Gasteiger partial charge in [-0.2, -0.15) is 0 Å². The van der Waals surface area contributed by atoms with E-state index in [9.17, 15) is 4.79 Å². The van der Waals surface area contributed by atoms with Gasteiger partial charge < -0.3 is 22.1 Å². The molecule has 19 heavy (non-hydrogen) atoms. The van der Waals surface area contributed by atoms with E-state index >= 15 is 0 Å². The van der Waals surface area contributed by atoms with E-state index in [1.165, 1.54) is 0 Å². The number of amides is 1. The highest BCUT2D eigenvalue weighted by Gasteiger charge is 2.27. The van der Waals surface area contributed by atoms with Crippen molar-refractivity contribution < 1.29 is 4.79 Å². The third kappa shape index (κ3) is 1.43. The zero-order chi connectivity index (χ0) is 13.9. The number of nitrogens with two attached hydrogens (primary N) is 3. The van der Waals surface area contributed by atoms with E-state index in [1.807, 2.05) is 11.9 Å². The molecule has 0 fully saturated rings. The van der Waals surface area contributed by atoms with Crippen LogP contribution in [0.2, 0.25) is 5.02 Å². The molecule has 0 unspecified atom stereocenters. The summed E-state index contributed by atoms with van der Waals surface area (Å²) in [5, 5.41) is 1.10. The highest BCUT2D eigenvalue weighted by molar-refractivity contribution is 6.39. The summed E-state index contributed by atoms with van der Waals surface area (Å²) in [4.78, 5) is 17.5. The predicted molar refractivity (Wildman–Crippen MR) is 76.2 cm³/mol. The van der Waals surface area contributed by atoms with Crippen LogP contribution in [0.3, 0.4) is 0 Å². The molecule has 1 aliphatic rings. The smallest absolute Gasteiger partial charge is 0.267 e. The third-order valence-electron chi connectivity index (χ3n) is 3.36. The fourth-order valence-corrected chi connectivity index (χ4v) is 2.71. The molecular formula is C12H12ClN5O. The molecule has 6 nitrogen and oxygen atoms in total. The number of nitrogens with zero attached hydrogens (tertiary/aromatic N) is 2. The number of hydrogen-bond donors (Lipinski definition) is 3. The molecule has 7 heteroatoms. The first-order valence-electron chi connectivity index (χ1n) is 5.62. The Labute approximate surface area is 114 Å². The molecule has 1 aromatic heterocycles. The van der Waals surface area contributed by atoms with Crippen LogP contribution in [0.5, 0.6) is 0 Å². The Morgan fingerprint density at radius 3 is 2.74 bits per heavy atom. The first-order valence-corrected chi connectivity index (χ1v) is 6.00. The lowest BCUT2D eigenvalue weighted by molar-refractivity contribution is 0.0996. The molecule has 6 N–H and O–H groups in total. The minimum Gasteiger partial charge on any atom is -0.396 e. The number of aromatic nitrogens is 1. The molecule has 2 heterocycles. The van der Waals surface area contributed by atoms with Gasteiger partial charge in [-0.25, -0.2) is 4.98 Å². The molecule has 98 valence electrons. The fraction of sp³-hybridized carbons (Fsp3) is 0.167. The number of carbonyl (C=O) groups excluding carboxylic acids is 1. The zero-order valence-electron chi connectivity index (χ0n) is 10.2. The molecule has 0 bridgehead atoms. The van der Waals surface area contributed by atoms with E-state index in [1.54, 1.807) is 6.07 Å². The van der Waals surface area contributed by atoms with E-state index in [-0.39, 0.29) is 16.4 Å². The monoisotopic (exact) mass is 277 g/mol. The van der Waals surface area contributed by atoms with Crippen LogP contribution >= 0.6 is 11.6 Å². The molecule has 0 atom stereocenters. The SMILES string of the molecule is CN1Cc2cc(C(N)=O)nc3c(N)c(Cl)c(N)c1c23. The standard InChI is InChI=1S/C12H12ClN5O/c1-18-3-4-2-5(12(16)19)17-10-6(4)11(18)9(15)7(13)8(10)14/h2H,3,14-15H2,1H3,(H2,16,19). The molecule has 0 saturated carbocycles. The van der Waals surface area contributed by atoms with Gasteiger partial charge >= 0.3 is 0 Å². The van der Waals surface area contributed by atoms with Gasteiger partial charge in [0.2, 0.25) is 0 Å². The quantitative estimate of drug-likeness (QED) is 0.676. The largest absolute Gasteiger partial charge is 0.396 e. The van der Waals surface area contributed by atoms with Crippen LogP contribution in [-0.4, -0.2) is 17.9 Å². The maximum absolute atomic E-state index is 11.3. The molecule has 2 aromatic rings. The number of nitrogen functional groups attached to an aromatic ring is 2. The number of carbonyl (C=O) groups is 1. The van der Waals surface area contributed by atoms with Crippen molar-refractivity contribution in [2.45, 2.75) is 6.54 Å². The highest BCUT2D eigenvalue weighted by Crippen LogP contribution is 2.47. The molecule has 1 aliphatic heterocycles. The van der Waals surface area contributed by atoms with Gasteiger partial charge in [0.1, 0.15) is 5.69 Å². The summed E-state index contributed by atoms with van der Waals surface area (Å²) < 4.78 is 0. The molecule has 3 rings (SSSR count). The van der Waals surface area contributed by atoms with Crippen molar-refractivity contribution in [3.05, 3.63) is 22.3 Å². The van der Waals surface area contributed by atoms with Crippen LogP contribution in [0.1, 0.15) is 16.1 Å². The summed E-state index contributed by atoms with van der Waals surface area (Å²) in [7, 11) is 1.89. The Morgan fingerprint density at radius 2 is 2.11 bits per heavy atom. The Balaban J connectivity index is 2.52. The molecule has 0 saturated heterocycles. The van der Waals surface area contributed by atoms with Crippen LogP contribution in [0.4, 0.5) is 17.1 Å². The summed E-state index contributed by atoms with van der Waals surface area (Å²) >= 11 is 6.13. The van der Waals surface area contributed by atoms with E-state index < -0.39 is 5.91 Å². The van der Waals surface area contributed by atoms with Gasteiger partial charge in [-0.15, -0.1) is 0 Å². The first kappa shape index (κ1) is 11.9. The number of halogens is 1. The predicted octanol–water partition coefficient (Wildman–Crippen LogP) is 1.10. The molecule has 1 aromatic carbocycles. The van der Waals surface area contributed by atoms with E-state index in [4.69, 9.17) is 28.8 Å². The summed E-state index contributed by atoms with van der Waals surface area (Å²) in [6, 6.07) is 1.67. The van der Waals surface area contributed by atoms with Gasteiger partial charge in [-0.1, -0.05) is 11.6 Å². The second-order valence-corrected chi connectivity index (χ2v) is 4.98. The number of rotatable bonds is 1. The Kier molecular flexibility index (Phi) is 2.27. The Morgan fingerprint density at radius 1 is 1.42 bits per heavy atom. The summed E-state index contributed by atoms with van der Waals surface area (Å²) in [6.45, 7) is 0.610. The maximum Gasteiger partial charge on any atom is 0.267 e. The topological polar surface area (TPSA) is 111 Å². The minimum absolute atomic E-state index is 0.177. The van der Waals surface area contributed by atoms with E-state index in [0.717, 1.165) is 16.6 Å². The minimum atomic E-state index is -0.596. The van der Waals surface area contributed by atoms with Crippen molar-refractivity contribution in [3.8, 4) is 0 Å². The van der Waals surface area contributed by atoms with Crippen LogP contribution in [0.15, 0.2) is 6.07 Å². The van der Waals surface area contributed by atoms with Gasteiger partial charge in [-0.3, -0.25) is 4.79 Å². The molecule has 0 spiro atoms. The molecule has 1 amide bonds. The van der Waals surface area contributed by atoms with Crippen LogP contribution < -0.4 is 22.1 Å². The second-order valence-electron chi connectivity index (χ2n) is 4.60. The summed E-state index contributed by atoms with van der Waals surface area (Å²) in [5.74, 6) is -0.596. The van der Waals surface area contributed by atoms with Gasteiger partial charge in [0.15, 0.2) is 0 Å². The van der Waals surface area contributed by atoms with Crippen molar-refractivity contribution in [2.75, 3.05) is 23.4 Å². The Hall–Kier alpha value is -2.21. The molecule has 0 radical (unpaired) electrons. The molecule has 0 aliphatic carbocycles. The van der Waals surface area contributed by atoms with Crippen LogP contribution in [0.25, 0.3) is 10.9 Å². The van der Waals surface area contributed by atoms with Crippen molar-refractivity contribution in [1.82, 2.24) is 4.98 Å². The first-order chi connectivity index (χ1) is 8.91. The van der Waals surface area contributed by atoms with Crippen molar-refractivity contribution in [2.24, 2.45) is 5.73 Å². The normalized spacial score (nSPS) is 13.3. The molecular weight excluding hydrogens is 266 g/mol. The lowest BCUT2D eigenvalue weighted by atomic mass is 10.1. The maximum atomic E-state index is 11.3. The summed E-state index contributed by atoms with van der Waals surface area (Å²) in [6.07, 6.45) is 0.